The van der Waals surface area contributed by atoms with Gasteiger partial charge >= 0.3 is 34.5 Å². The molecule has 1 aliphatic heterocycles. The molecule has 1 saturated heterocycles. The van der Waals surface area contributed by atoms with Crippen LogP contribution in [0, 0.1) is 41.5 Å². The fraction of sp³-hybridized carbons (Fsp3) is 0.211. The van der Waals surface area contributed by atoms with Crippen molar-refractivity contribution in [1.29, 1.82) is 0 Å². The first kappa shape index (κ1) is 32.9. The Morgan fingerprint density at radius 2 is 1.16 bits per heavy atom. The Hall–Kier alpha value is -3.50. The molecule has 7 heteroatoms. The molecule has 0 radical (unpaired) electrons. The predicted octanol–water partition coefficient (Wildman–Crippen LogP) is 8.29. The molecule has 0 unspecified atom stereocenters. The van der Waals surface area contributed by atoms with Crippen molar-refractivity contribution < 1.29 is 15.1 Å². The molecule has 3 heterocycles. The van der Waals surface area contributed by atoms with E-state index in [-0.39, 0.29) is 15.1 Å². The quantitative estimate of drug-likeness (QED) is 0.175. The molecule has 5 aromatic rings. The van der Waals surface area contributed by atoms with Crippen LogP contribution in [0.5, 0.6) is 0 Å². The Kier molecular flexibility index (Phi) is 10.8. The van der Waals surface area contributed by atoms with Crippen LogP contribution in [0.3, 0.4) is 0 Å². The van der Waals surface area contributed by atoms with Gasteiger partial charge in [-0.3, -0.25) is 9.97 Å². The van der Waals surface area contributed by atoms with Gasteiger partial charge in [-0.15, -0.1) is 0 Å². The standard InChI is InChI=1S/C38H38N4.2ClH.Ru/c1-25-20-27(3)36(28(4)21-25)41-18-19-42(37-29(5)22-26(2)23-30(37)6)38(41)32-15-17-40-35(34-14-10-11-16-39-34)33(32)24-31-12-8-7-9-13-31;;;/h7-17,20-24H,18-19H2,1-6H3;2*1H;/q;;;+2/p-2. The first-order valence-corrected chi connectivity index (χ1v) is 19.4. The van der Waals surface area contributed by atoms with E-state index in [4.69, 9.17) is 29.4 Å². The third-order valence-corrected chi connectivity index (χ3v) is 8.12. The molecule has 1 fully saturated rings. The Bertz CT molecular complexity index is 1810. The van der Waals surface area contributed by atoms with E-state index in [0.717, 1.165) is 40.5 Å². The fourth-order valence-electron chi connectivity index (χ4n) is 6.72. The van der Waals surface area contributed by atoms with Gasteiger partial charge in [0, 0.05) is 47.3 Å². The van der Waals surface area contributed by atoms with Crippen LogP contribution in [0.25, 0.3) is 23.3 Å². The van der Waals surface area contributed by atoms with Crippen molar-refractivity contribution in [1.82, 2.24) is 9.97 Å². The average molecular weight is 723 g/mol. The number of pyridine rings is 2. The number of rotatable bonds is 4. The Balaban J connectivity index is 0.00000128. The summed E-state index contributed by atoms with van der Waals surface area (Å²) in [6.45, 7) is 15.1. The maximum atomic E-state index is 4.92. The van der Waals surface area contributed by atoms with Crippen LogP contribution in [0.2, 0.25) is 0 Å². The topological polar surface area (TPSA) is 32.3 Å². The zero-order valence-corrected chi connectivity index (χ0v) is 29.8. The molecule has 0 atom stereocenters. The SMILES string of the molecule is Cc1cc(C)c(N2CCN(c3c(C)cc(C)cc3C)C2=c2ccnc(-c3ccccn3)c2=Cc2ccccc2)c(C)c1.[Cl][Ru][Cl]. The molecule has 0 saturated carbocycles. The summed E-state index contributed by atoms with van der Waals surface area (Å²) in [4.78, 5) is 14.7. The summed E-state index contributed by atoms with van der Waals surface area (Å²) in [5.41, 5.74) is 13.2. The molecule has 1 aliphatic rings. The van der Waals surface area contributed by atoms with Gasteiger partial charge in [0.05, 0.1) is 11.4 Å². The molecule has 45 heavy (non-hydrogen) atoms. The molecule has 0 spiro atoms. The first-order chi connectivity index (χ1) is 21.7. The second kappa shape index (κ2) is 14.7. The predicted molar refractivity (Wildman–Crippen MR) is 188 cm³/mol. The molecular weight excluding hydrogens is 684 g/mol. The minimum atomic E-state index is -0.346. The zero-order chi connectivity index (χ0) is 32.1. The summed E-state index contributed by atoms with van der Waals surface area (Å²) in [6, 6.07) is 27.9. The fourth-order valence-corrected chi connectivity index (χ4v) is 6.72. The molecule has 4 nitrogen and oxygen atoms in total. The minimum absolute atomic E-state index is 0.346. The average Bonchev–Trinajstić information content (AvgIpc) is 3.41. The van der Waals surface area contributed by atoms with Gasteiger partial charge < -0.3 is 9.80 Å². The van der Waals surface area contributed by atoms with E-state index in [2.05, 4.69) is 118 Å². The summed E-state index contributed by atoms with van der Waals surface area (Å²) in [5.74, 6) is 1.18. The summed E-state index contributed by atoms with van der Waals surface area (Å²) in [5, 5.41) is 2.21. The molecule has 0 N–H and O–H groups in total. The first-order valence-electron chi connectivity index (χ1n) is 15.0. The van der Waals surface area contributed by atoms with E-state index < -0.39 is 0 Å². The van der Waals surface area contributed by atoms with Crippen molar-refractivity contribution in [3.8, 4) is 11.4 Å². The number of anilines is 2. The Labute approximate surface area is 282 Å². The third-order valence-electron chi connectivity index (χ3n) is 8.12. The molecule has 0 aliphatic carbocycles. The van der Waals surface area contributed by atoms with Gasteiger partial charge in [0.25, 0.3) is 0 Å². The molecule has 3 aromatic carbocycles. The molecule has 2 aromatic heterocycles. The van der Waals surface area contributed by atoms with Crippen LogP contribution in [-0.2, 0) is 15.1 Å². The van der Waals surface area contributed by atoms with E-state index in [1.807, 2.05) is 30.6 Å². The van der Waals surface area contributed by atoms with Crippen LogP contribution >= 0.6 is 19.4 Å². The van der Waals surface area contributed by atoms with Crippen LogP contribution in [0.1, 0.15) is 38.9 Å². The van der Waals surface area contributed by atoms with Crippen molar-refractivity contribution in [3.63, 3.8) is 0 Å². The van der Waals surface area contributed by atoms with Gasteiger partial charge in [0.15, 0.2) is 0 Å². The zero-order valence-electron chi connectivity index (χ0n) is 26.6. The normalized spacial score (nSPS) is 13.3. The Morgan fingerprint density at radius 1 is 0.644 bits per heavy atom. The van der Waals surface area contributed by atoms with Crippen molar-refractivity contribution >= 4 is 42.7 Å². The monoisotopic (exact) mass is 722 g/mol. The number of nitrogens with zero attached hydrogens (tertiary/aromatic N) is 4. The van der Waals surface area contributed by atoms with Gasteiger partial charge in [-0.25, -0.2) is 0 Å². The van der Waals surface area contributed by atoms with Gasteiger partial charge in [0.2, 0.25) is 0 Å². The Morgan fingerprint density at radius 3 is 1.64 bits per heavy atom. The van der Waals surface area contributed by atoms with Gasteiger partial charge in [-0.05, 0) is 93.6 Å². The molecule has 232 valence electrons. The van der Waals surface area contributed by atoms with Gasteiger partial charge in [0.1, 0.15) is 5.82 Å². The van der Waals surface area contributed by atoms with Gasteiger partial charge in [-0.1, -0.05) is 71.8 Å². The molecular formula is C38H38Cl2N4Ru. The number of hydrogen-bond donors (Lipinski definition) is 0. The summed E-state index contributed by atoms with van der Waals surface area (Å²) in [6.07, 6.45) is 6.04. The summed E-state index contributed by atoms with van der Waals surface area (Å²) < 4.78 is 0. The second-order valence-corrected chi connectivity index (χ2v) is 14.2. The van der Waals surface area contributed by atoms with Crippen LogP contribution in [0.4, 0.5) is 11.4 Å². The number of aromatic nitrogens is 2. The summed E-state index contributed by atoms with van der Waals surface area (Å²) >= 11 is -0.346. The van der Waals surface area contributed by atoms with Crippen LogP contribution in [0.15, 0.2) is 91.3 Å². The number of halogens is 2. The van der Waals surface area contributed by atoms with E-state index in [1.54, 1.807) is 0 Å². The second-order valence-electron chi connectivity index (χ2n) is 11.6. The molecule has 0 bridgehead atoms. The molecule has 0 amide bonds. The number of benzene rings is 3. The number of aryl methyl sites for hydroxylation is 6. The maximum absolute atomic E-state index is 4.92. The molecule has 6 rings (SSSR count). The summed E-state index contributed by atoms with van der Waals surface area (Å²) in [7, 11) is 9.71. The van der Waals surface area contributed by atoms with E-state index in [1.165, 1.54) is 50.6 Å². The van der Waals surface area contributed by atoms with Crippen molar-refractivity contribution in [3.05, 3.63) is 141 Å². The van der Waals surface area contributed by atoms with Crippen molar-refractivity contribution in [2.45, 2.75) is 41.5 Å². The third kappa shape index (κ3) is 7.17. The van der Waals surface area contributed by atoms with E-state index >= 15 is 0 Å². The van der Waals surface area contributed by atoms with Crippen LogP contribution < -0.4 is 20.2 Å². The van der Waals surface area contributed by atoms with E-state index in [9.17, 15) is 0 Å². The van der Waals surface area contributed by atoms with E-state index in [0.29, 0.717) is 0 Å². The van der Waals surface area contributed by atoms with Gasteiger partial charge in [-0.2, -0.15) is 0 Å². The number of hydrogen-bond acceptors (Lipinski definition) is 4. The van der Waals surface area contributed by atoms with Crippen LogP contribution in [-0.4, -0.2) is 23.1 Å². The van der Waals surface area contributed by atoms with Crippen molar-refractivity contribution in [2.24, 2.45) is 0 Å². The van der Waals surface area contributed by atoms with Crippen molar-refractivity contribution in [2.75, 3.05) is 22.9 Å².